The second-order valence-corrected chi connectivity index (χ2v) is 4.62. The van der Waals surface area contributed by atoms with Crippen molar-refractivity contribution in [3.05, 3.63) is 34.7 Å². The van der Waals surface area contributed by atoms with Gasteiger partial charge in [0.25, 0.3) is 0 Å². The molecule has 0 saturated heterocycles. The SMILES string of the molecule is CC.Cc1cc(Cl)ccc1-c1nnc(C2CC2)o1. The Balaban J connectivity index is 0.000000574. The smallest absolute Gasteiger partial charge is 0.248 e. The molecule has 0 aliphatic heterocycles. The number of hydrogen-bond donors (Lipinski definition) is 0. The Kier molecular flexibility index (Phi) is 4.02. The molecule has 0 unspecified atom stereocenters. The van der Waals surface area contributed by atoms with Crippen LogP contribution < -0.4 is 0 Å². The van der Waals surface area contributed by atoms with Gasteiger partial charge in [-0.3, -0.25) is 0 Å². The summed E-state index contributed by atoms with van der Waals surface area (Å²) in [5.41, 5.74) is 2.02. The van der Waals surface area contributed by atoms with Crippen LogP contribution in [0.25, 0.3) is 11.5 Å². The highest BCUT2D eigenvalue weighted by Crippen LogP contribution is 2.40. The quantitative estimate of drug-likeness (QED) is 0.796. The Morgan fingerprint density at radius 2 is 1.94 bits per heavy atom. The molecule has 3 rings (SSSR count). The average molecular weight is 265 g/mol. The largest absolute Gasteiger partial charge is 0.420 e. The van der Waals surface area contributed by atoms with Crippen LogP contribution in [0.5, 0.6) is 0 Å². The van der Waals surface area contributed by atoms with Crippen molar-refractivity contribution in [1.82, 2.24) is 10.2 Å². The van der Waals surface area contributed by atoms with Crippen molar-refractivity contribution < 1.29 is 4.42 Å². The molecule has 1 aliphatic rings. The lowest BCUT2D eigenvalue weighted by Crippen LogP contribution is -1.83. The fourth-order valence-electron chi connectivity index (χ4n) is 1.71. The van der Waals surface area contributed by atoms with Gasteiger partial charge in [-0.2, -0.15) is 0 Å². The summed E-state index contributed by atoms with van der Waals surface area (Å²) in [7, 11) is 0. The minimum absolute atomic E-state index is 0.494. The van der Waals surface area contributed by atoms with E-state index in [4.69, 9.17) is 16.0 Å². The first kappa shape index (κ1) is 13.1. The fraction of sp³-hybridized carbons (Fsp3) is 0.429. The molecule has 1 saturated carbocycles. The lowest BCUT2D eigenvalue weighted by Gasteiger charge is -2.00. The zero-order valence-electron chi connectivity index (χ0n) is 10.9. The van der Waals surface area contributed by atoms with Gasteiger partial charge >= 0.3 is 0 Å². The molecule has 3 nitrogen and oxygen atoms in total. The van der Waals surface area contributed by atoms with Crippen LogP contribution in [0.1, 0.15) is 44.1 Å². The predicted molar refractivity (Wildman–Crippen MR) is 72.8 cm³/mol. The number of rotatable bonds is 2. The van der Waals surface area contributed by atoms with Gasteiger partial charge in [-0.25, -0.2) is 0 Å². The second kappa shape index (κ2) is 5.53. The van der Waals surface area contributed by atoms with E-state index < -0.39 is 0 Å². The van der Waals surface area contributed by atoms with E-state index in [1.165, 1.54) is 12.8 Å². The Bertz CT molecular complexity index is 532. The third-order valence-electron chi connectivity index (χ3n) is 2.79. The van der Waals surface area contributed by atoms with Crippen LogP contribution in [0.3, 0.4) is 0 Å². The Morgan fingerprint density at radius 1 is 1.22 bits per heavy atom. The average Bonchev–Trinajstić information content (AvgIpc) is 3.11. The van der Waals surface area contributed by atoms with E-state index in [-0.39, 0.29) is 0 Å². The molecule has 18 heavy (non-hydrogen) atoms. The predicted octanol–water partition coefficient (Wildman–Crippen LogP) is 4.60. The molecule has 0 bridgehead atoms. The molecule has 4 heteroatoms. The van der Waals surface area contributed by atoms with Crippen molar-refractivity contribution in [2.75, 3.05) is 0 Å². The minimum Gasteiger partial charge on any atom is -0.420 e. The molecule has 1 aliphatic carbocycles. The lowest BCUT2D eigenvalue weighted by molar-refractivity contribution is 0.508. The summed E-state index contributed by atoms with van der Waals surface area (Å²) in [4.78, 5) is 0. The fourth-order valence-corrected chi connectivity index (χ4v) is 1.93. The minimum atomic E-state index is 0.494. The van der Waals surface area contributed by atoms with Gasteiger partial charge in [0.05, 0.1) is 0 Å². The maximum atomic E-state index is 5.90. The molecular weight excluding hydrogens is 248 g/mol. The normalized spacial score (nSPS) is 14.0. The zero-order valence-corrected chi connectivity index (χ0v) is 11.7. The van der Waals surface area contributed by atoms with Crippen LogP contribution in [-0.2, 0) is 0 Å². The van der Waals surface area contributed by atoms with E-state index in [0.717, 1.165) is 22.0 Å². The summed E-state index contributed by atoms with van der Waals surface area (Å²) < 4.78 is 5.65. The highest BCUT2D eigenvalue weighted by Gasteiger charge is 2.29. The number of benzene rings is 1. The summed E-state index contributed by atoms with van der Waals surface area (Å²) in [6.45, 7) is 5.99. The molecule has 0 radical (unpaired) electrons. The summed E-state index contributed by atoms with van der Waals surface area (Å²) in [5, 5.41) is 8.87. The molecule has 0 amide bonds. The summed E-state index contributed by atoms with van der Waals surface area (Å²) in [5.74, 6) is 1.86. The van der Waals surface area contributed by atoms with Crippen molar-refractivity contribution in [3.8, 4) is 11.5 Å². The molecule has 1 aromatic carbocycles. The number of halogens is 1. The molecule has 1 heterocycles. The Morgan fingerprint density at radius 3 is 2.56 bits per heavy atom. The maximum absolute atomic E-state index is 5.90. The van der Waals surface area contributed by atoms with Crippen LogP contribution >= 0.6 is 11.6 Å². The van der Waals surface area contributed by atoms with Crippen molar-refractivity contribution >= 4 is 11.6 Å². The summed E-state index contributed by atoms with van der Waals surface area (Å²) in [6, 6.07) is 5.66. The number of hydrogen-bond acceptors (Lipinski definition) is 3. The standard InChI is InChI=1S/C12H11ClN2O.C2H6/c1-7-6-9(13)4-5-10(7)12-15-14-11(16-12)8-2-3-8;1-2/h4-6,8H,2-3H2,1H3;1-2H3. The Hall–Kier alpha value is -1.35. The van der Waals surface area contributed by atoms with Crippen LogP contribution in [-0.4, -0.2) is 10.2 Å². The first-order chi connectivity index (χ1) is 8.74. The van der Waals surface area contributed by atoms with E-state index in [1.807, 2.05) is 39.0 Å². The zero-order chi connectivity index (χ0) is 13.1. The van der Waals surface area contributed by atoms with E-state index in [0.29, 0.717) is 11.8 Å². The molecule has 1 aromatic heterocycles. The molecule has 0 spiro atoms. The second-order valence-electron chi connectivity index (χ2n) is 4.18. The topological polar surface area (TPSA) is 38.9 Å². The highest BCUT2D eigenvalue weighted by atomic mass is 35.5. The summed E-state index contributed by atoms with van der Waals surface area (Å²) in [6.07, 6.45) is 2.34. The van der Waals surface area contributed by atoms with Gasteiger partial charge in [-0.05, 0) is 43.5 Å². The van der Waals surface area contributed by atoms with Crippen LogP contribution in [0.15, 0.2) is 22.6 Å². The van der Waals surface area contributed by atoms with Gasteiger partial charge in [0.2, 0.25) is 11.8 Å². The number of aryl methyl sites for hydroxylation is 1. The Labute approximate surface area is 112 Å². The lowest BCUT2D eigenvalue weighted by atomic mass is 10.1. The van der Waals surface area contributed by atoms with E-state index in [2.05, 4.69) is 10.2 Å². The van der Waals surface area contributed by atoms with Gasteiger partial charge in [-0.1, -0.05) is 25.4 Å². The highest BCUT2D eigenvalue weighted by molar-refractivity contribution is 6.30. The number of nitrogens with zero attached hydrogens (tertiary/aromatic N) is 2. The van der Waals surface area contributed by atoms with E-state index >= 15 is 0 Å². The van der Waals surface area contributed by atoms with E-state index in [9.17, 15) is 0 Å². The first-order valence-corrected chi connectivity index (χ1v) is 6.72. The van der Waals surface area contributed by atoms with Gasteiger partial charge < -0.3 is 4.42 Å². The van der Waals surface area contributed by atoms with E-state index in [1.54, 1.807) is 0 Å². The number of aromatic nitrogens is 2. The molecule has 96 valence electrons. The molecule has 0 N–H and O–H groups in total. The van der Waals surface area contributed by atoms with Gasteiger partial charge in [0, 0.05) is 16.5 Å². The molecule has 2 aromatic rings. The summed E-state index contributed by atoms with van der Waals surface area (Å²) >= 11 is 5.90. The maximum Gasteiger partial charge on any atom is 0.248 e. The van der Waals surface area contributed by atoms with Crippen LogP contribution in [0.4, 0.5) is 0 Å². The van der Waals surface area contributed by atoms with Crippen molar-refractivity contribution in [2.24, 2.45) is 0 Å². The third kappa shape index (κ3) is 2.72. The molecular formula is C14H17ClN2O. The van der Waals surface area contributed by atoms with Crippen LogP contribution in [0, 0.1) is 6.92 Å². The van der Waals surface area contributed by atoms with Crippen molar-refractivity contribution in [1.29, 1.82) is 0 Å². The molecule has 1 fully saturated rings. The van der Waals surface area contributed by atoms with Gasteiger partial charge in [-0.15, -0.1) is 10.2 Å². The van der Waals surface area contributed by atoms with Gasteiger partial charge in [0.15, 0.2) is 0 Å². The molecule has 0 atom stereocenters. The van der Waals surface area contributed by atoms with Crippen molar-refractivity contribution in [2.45, 2.75) is 39.5 Å². The first-order valence-electron chi connectivity index (χ1n) is 6.34. The van der Waals surface area contributed by atoms with Gasteiger partial charge in [0.1, 0.15) is 0 Å². The monoisotopic (exact) mass is 264 g/mol. The third-order valence-corrected chi connectivity index (χ3v) is 3.02. The van der Waals surface area contributed by atoms with Crippen molar-refractivity contribution in [3.63, 3.8) is 0 Å². The van der Waals surface area contributed by atoms with Crippen LogP contribution in [0.2, 0.25) is 5.02 Å².